The van der Waals surface area contributed by atoms with Crippen LogP contribution in [0.3, 0.4) is 0 Å². The number of anilines is 1. The number of allylic oxidation sites excluding steroid dienone is 1. The van der Waals surface area contributed by atoms with Gasteiger partial charge in [-0.15, -0.1) is 0 Å². The number of hydrogen-bond acceptors (Lipinski definition) is 8. The number of imidazole rings is 1. The molecule has 2 aromatic rings. The predicted octanol–water partition coefficient (Wildman–Crippen LogP) is 2.04. The Labute approximate surface area is 163 Å². The summed E-state index contributed by atoms with van der Waals surface area (Å²) in [6.07, 6.45) is 4.47. The molecule has 3 heterocycles. The van der Waals surface area contributed by atoms with Crippen LogP contribution in [-0.2, 0) is 4.74 Å². The maximum Gasteiger partial charge on any atom is 0.167 e. The van der Waals surface area contributed by atoms with E-state index in [9.17, 15) is 15.3 Å². The first kappa shape index (κ1) is 19.1. The molecule has 152 valence electrons. The minimum Gasteiger partial charge on any atom is -0.510 e. The van der Waals surface area contributed by atoms with E-state index in [-0.39, 0.29) is 5.76 Å². The summed E-state index contributed by atoms with van der Waals surface area (Å²) in [5, 5.41) is 34.5. The lowest BCUT2D eigenvalue weighted by Gasteiger charge is -2.23. The molecule has 0 aromatic carbocycles. The smallest absolute Gasteiger partial charge is 0.167 e. The highest BCUT2D eigenvalue weighted by Crippen LogP contribution is 2.35. The van der Waals surface area contributed by atoms with E-state index in [1.165, 1.54) is 31.9 Å². The summed E-state index contributed by atoms with van der Waals surface area (Å²) in [7, 11) is 0. The zero-order valence-electron chi connectivity index (χ0n) is 16.1. The molecule has 0 radical (unpaired) electrons. The number of nitrogens with one attached hydrogen (secondary N) is 1. The van der Waals surface area contributed by atoms with E-state index < -0.39 is 24.5 Å². The molecule has 1 saturated heterocycles. The Balaban J connectivity index is 1.63. The molecular formula is C19H27N5O4. The summed E-state index contributed by atoms with van der Waals surface area (Å²) in [4.78, 5) is 13.1. The summed E-state index contributed by atoms with van der Waals surface area (Å²) in [5.74, 6) is 0.583. The van der Waals surface area contributed by atoms with E-state index in [2.05, 4.69) is 20.3 Å². The van der Waals surface area contributed by atoms with Crippen molar-refractivity contribution in [1.29, 1.82) is 0 Å². The average molecular weight is 389 g/mol. The molecule has 28 heavy (non-hydrogen) atoms. The van der Waals surface area contributed by atoms with E-state index >= 15 is 0 Å². The molecule has 4 atom stereocenters. The van der Waals surface area contributed by atoms with E-state index in [1.54, 1.807) is 18.4 Å². The molecule has 2 aliphatic rings. The van der Waals surface area contributed by atoms with Gasteiger partial charge in [0.1, 0.15) is 30.4 Å². The van der Waals surface area contributed by atoms with E-state index in [1.807, 2.05) is 0 Å². The van der Waals surface area contributed by atoms with E-state index in [0.29, 0.717) is 28.6 Å². The summed E-state index contributed by atoms with van der Waals surface area (Å²) < 4.78 is 7.36. The molecule has 0 spiro atoms. The molecule has 4 rings (SSSR count). The molecule has 9 heteroatoms. The minimum absolute atomic E-state index is 0.0762. The Morgan fingerprint density at radius 2 is 1.86 bits per heavy atom. The second kappa shape index (κ2) is 7.65. The Hall–Kier alpha value is -2.23. The first-order valence-electron chi connectivity index (χ1n) is 9.79. The normalized spacial score (nSPS) is 28.6. The van der Waals surface area contributed by atoms with Crippen LogP contribution in [0.15, 0.2) is 24.0 Å². The Kier molecular flexibility index (Phi) is 5.22. The molecule has 1 saturated carbocycles. The Morgan fingerprint density at radius 3 is 2.57 bits per heavy atom. The number of hydrogen-bond donors (Lipinski definition) is 4. The molecule has 0 bridgehead atoms. The van der Waals surface area contributed by atoms with Gasteiger partial charge >= 0.3 is 0 Å². The maximum atomic E-state index is 10.5. The zero-order chi connectivity index (χ0) is 19.8. The largest absolute Gasteiger partial charge is 0.510 e. The molecule has 1 aliphatic heterocycles. The van der Waals surface area contributed by atoms with Crippen LogP contribution in [0.2, 0.25) is 0 Å². The molecule has 2 aromatic heterocycles. The highest BCUT2D eigenvalue weighted by Gasteiger charge is 2.46. The summed E-state index contributed by atoms with van der Waals surface area (Å²) >= 11 is 0. The fourth-order valence-corrected chi connectivity index (χ4v) is 3.98. The van der Waals surface area contributed by atoms with Gasteiger partial charge in [0.15, 0.2) is 23.2 Å². The molecule has 9 nitrogen and oxygen atoms in total. The second-order valence-electron chi connectivity index (χ2n) is 7.84. The van der Waals surface area contributed by atoms with Crippen LogP contribution in [0.1, 0.15) is 52.2 Å². The van der Waals surface area contributed by atoms with Crippen molar-refractivity contribution in [2.75, 3.05) is 5.32 Å². The molecule has 1 aliphatic carbocycles. The lowest BCUT2D eigenvalue weighted by atomic mass is 9.95. The number of aliphatic hydroxyl groups is 3. The van der Waals surface area contributed by atoms with Gasteiger partial charge in [-0.3, -0.25) is 4.57 Å². The van der Waals surface area contributed by atoms with Crippen LogP contribution in [0.25, 0.3) is 11.2 Å². The van der Waals surface area contributed by atoms with Gasteiger partial charge in [0, 0.05) is 6.04 Å². The predicted molar refractivity (Wildman–Crippen MR) is 103 cm³/mol. The summed E-state index contributed by atoms with van der Waals surface area (Å²) in [5.41, 5.74) is 1.71. The highest BCUT2D eigenvalue weighted by molar-refractivity contribution is 5.82. The topological polar surface area (TPSA) is 126 Å². The van der Waals surface area contributed by atoms with E-state index in [0.717, 1.165) is 12.8 Å². The first-order chi connectivity index (χ1) is 13.5. The number of rotatable bonds is 4. The third kappa shape index (κ3) is 3.34. The molecule has 0 unspecified atom stereocenters. The lowest BCUT2D eigenvalue weighted by Crippen LogP contribution is -2.32. The van der Waals surface area contributed by atoms with Gasteiger partial charge in [-0.1, -0.05) is 19.3 Å². The fraction of sp³-hybridized carbons (Fsp3) is 0.632. The molecule has 0 amide bonds. The van der Waals surface area contributed by atoms with Crippen molar-refractivity contribution in [3.8, 4) is 0 Å². The van der Waals surface area contributed by atoms with Crippen LogP contribution in [-0.4, -0.2) is 59.2 Å². The monoisotopic (exact) mass is 389 g/mol. The minimum atomic E-state index is -1.25. The van der Waals surface area contributed by atoms with Gasteiger partial charge in [-0.2, -0.15) is 0 Å². The highest BCUT2D eigenvalue weighted by atomic mass is 16.6. The van der Waals surface area contributed by atoms with Crippen LogP contribution < -0.4 is 5.32 Å². The van der Waals surface area contributed by atoms with Crippen molar-refractivity contribution in [2.45, 2.75) is 76.5 Å². The second-order valence-corrected chi connectivity index (χ2v) is 7.84. The first-order valence-corrected chi connectivity index (χ1v) is 9.79. The summed E-state index contributed by atoms with van der Waals surface area (Å²) in [6, 6.07) is 0.367. The van der Waals surface area contributed by atoms with Gasteiger partial charge < -0.3 is 25.4 Å². The van der Waals surface area contributed by atoms with Crippen LogP contribution >= 0.6 is 0 Å². The van der Waals surface area contributed by atoms with Crippen molar-refractivity contribution in [1.82, 2.24) is 19.5 Å². The number of nitrogens with zero attached hydrogens (tertiary/aromatic N) is 4. The average Bonchev–Trinajstić information content (AvgIpc) is 3.24. The van der Waals surface area contributed by atoms with Gasteiger partial charge in [0.05, 0.1) is 6.33 Å². The standard InChI is InChI=1S/C19H27N5O4/c1-10(2)13(25)16-14(26)15(27)19(28-16)24-9-22-12-17(20-8-21-18(12)24)23-11-6-4-3-5-7-11/h8-9,11,14-16,19,25-27H,3-7H2,1-2H3,(H,20,21,23)/t14-,15+,16+,19+/m0/s1. The number of ether oxygens (including phenoxy) is 1. The van der Waals surface area contributed by atoms with Gasteiger partial charge in [0.2, 0.25) is 0 Å². The van der Waals surface area contributed by atoms with Crippen molar-refractivity contribution in [3.05, 3.63) is 24.0 Å². The van der Waals surface area contributed by atoms with Gasteiger partial charge in [0.25, 0.3) is 0 Å². The Bertz CT molecular complexity index is 872. The van der Waals surface area contributed by atoms with Crippen molar-refractivity contribution >= 4 is 17.0 Å². The van der Waals surface area contributed by atoms with Crippen molar-refractivity contribution < 1.29 is 20.1 Å². The van der Waals surface area contributed by atoms with E-state index in [4.69, 9.17) is 4.74 Å². The SMILES string of the molecule is CC(C)=C(O)[C@H]1O[C@@H](n2cnc3c(NC4CCCCC4)ncnc32)[C@H](O)[C@@H]1O. The fourth-order valence-electron chi connectivity index (χ4n) is 3.98. The number of fused-ring (bicyclic) bond motifs is 1. The van der Waals surface area contributed by atoms with Gasteiger partial charge in [-0.25, -0.2) is 15.0 Å². The molecular weight excluding hydrogens is 362 g/mol. The van der Waals surface area contributed by atoms with Crippen LogP contribution in [0.5, 0.6) is 0 Å². The zero-order valence-corrected chi connectivity index (χ0v) is 16.1. The Morgan fingerprint density at radius 1 is 1.11 bits per heavy atom. The van der Waals surface area contributed by atoms with Crippen LogP contribution in [0.4, 0.5) is 5.82 Å². The van der Waals surface area contributed by atoms with Gasteiger partial charge in [-0.05, 0) is 32.3 Å². The van der Waals surface area contributed by atoms with Crippen molar-refractivity contribution in [3.63, 3.8) is 0 Å². The third-order valence-corrected chi connectivity index (χ3v) is 5.60. The molecule has 4 N–H and O–H groups in total. The quantitative estimate of drug-likeness (QED) is 0.586. The van der Waals surface area contributed by atoms with Crippen LogP contribution in [0, 0.1) is 0 Å². The number of aliphatic hydroxyl groups excluding tert-OH is 3. The number of aromatic nitrogens is 4. The van der Waals surface area contributed by atoms with Crippen molar-refractivity contribution in [2.24, 2.45) is 0 Å². The molecule has 2 fully saturated rings. The third-order valence-electron chi connectivity index (χ3n) is 5.60. The lowest BCUT2D eigenvalue weighted by molar-refractivity contribution is -0.0345. The maximum absolute atomic E-state index is 10.5. The summed E-state index contributed by atoms with van der Waals surface area (Å²) in [6.45, 7) is 3.43.